The Morgan fingerprint density at radius 3 is 2.72 bits per heavy atom. The largest absolute Gasteiger partial charge is 0.381 e. The Morgan fingerprint density at radius 1 is 1.44 bits per heavy atom. The number of carbonyl (C=O) groups excluding carboxylic acids is 1. The van der Waals surface area contributed by atoms with Crippen LogP contribution in [-0.4, -0.2) is 24.3 Å². The topological polar surface area (TPSA) is 64.4 Å². The van der Waals surface area contributed by atoms with E-state index in [4.69, 9.17) is 9.26 Å². The average molecular weight is 252 g/mol. The molecule has 0 spiro atoms. The van der Waals surface area contributed by atoms with E-state index in [1.54, 1.807) is 0 Å². The highest BCUT2D eigenvalue weighted by Gasteiger charge is 2.35. The fourth-order valence-electron chi connectivity index (χ4n) is 2.44. The summed E-state index contributed by atoms with van der Waals surface area (Å²) in [6.07, 6.45) is 2.07. The quantitative estimate of drug-likeness (QED) is 0.896. The number of hydrogen-bond acceptors (Lipinski definition) is 4. The second-order valence-electron chi connectivity index (χ2n) is 5.37. The summed E-state index contributed by atoms with van der Waals surface area (Å²) in [5, 5.41) is 6.69. The SMILES string of the molecule is CC(=O)Nc1cc(C(C)(C)C2CCOCC2)no1. The van der Waals surface area contributed by atoms with Gasteiger partial charge >= 0.3 is 0 Å². The molecule has 0 saturated carbocycles. The van der Waals surface area contributed by atoms with Crippen molar-refractivity contribution in [1.29, 1.82) is 0 Å². The van der Waals surface area contributed by atoms with Crippen LogP contribution in [0.3, 0.4) is 0 Å². The first-order valence-corrected chi connectivity index (χ1v) is 6.32. The van der Waals surface area contributed by atoms with E-state index < -0.39 is 0 Å². The molecule has 0 unspecified atom stereocenters. The van der Waals surface area contributed by atoms with Crippen molar-refractivity contribution in [3.8, 4) is 0 Å². The Labute approximate surface area is 107 Å². The van der Waals surface area contributed by atoms with Crippen molar-refractivity contribution in [2.24, 2.45) is 5.92 Å². The van der Waals surface area contributed by atoms with Crippen molar-refractivity contribution in [2.45, 2.75) is 39.0 Å². The standard InChI is InChI=1S/C13H20N2O3/c1-9(16)14-12-8-11(15-18-12)13(2,3)10-4-6-17-7-5-10/h8,10H,4-7H2,1-3H3,(H,14,16). The zero-order chi connectivity index (χ0) is 13.2. The monoisotopic (exact) mass is 252 g/mol. The fraction of sp³-hybridized carbons (Fsp3) is 0.692. The van der Waals surface area contributed by atoms with E-state index in [2.05, 4.69) is 24.3 Å². The first-order chi connectivity index (χ1) is 8.50. The molecule has 1 saturated heterocycles. The molecule has 1 fully saturated rings. The van der Waals surface area contributed by atoms with Crippen molar-refractivity contribution >= 4 is 11.8 Å². The predicted octanol–water partition coefficient (Wildman–Crippen LogP) is 2.34. The minimum atomic E-state index is -0.151. The van der Waals surface area contributed by atoms with Gasteiger partial charge in [-0.2, -0.15) is 0 Å². The zero-order valence-electron chi connectivity index (χ0n) is 11.2. The number of rotatable bonds is 3. The molecule has 100 valence electrons. The van der Waals surface area contributed by atoms with Gasteiger partial charge in [0.05, 0.1) is 5.69 Å². The maximum atomic E-state index is 11.0. The molecule has 18 heavy (non-hydrogen) atoms. The summed E-state index contributed by atoms with van der Waals surface area (Å²) in [5.41, 5.74) is 0.822. The van der Waals surface area contributed by atoms with Gasteiger partial charge < -0.3 is 9.26 Å². The van der Waals surface area contributed by atoms with Crippen LogP contribution in [0.1, 0.15) is 39.3 Å². The van der Waals surface area contributed by atoms with Crippen molar-refractivity contribution in [1.82, 2.24) is 5.16 Å². The number of carbonyl (C=O) groups is 1. The minimum Gasteiger partial charge on any atom is -0.381 e. The highest BCUT2D eigenvalue weighted by atomic mass is 16.5. The molecule has 0 aromatic carbocycles. The molecule has 2 heterocycles. The number of hydrogen-bond donors (Lipinski definition) is 1. The maximum Gasteiger partial charge on any atom is 0.231 e. The third-order valence-electron chi connectivity index (χ3n) is 3.71. The number of ether oxygens (including phenoxy) is 1. The number of nitrogens with zero attached hydrogens (tertiary/aromatic N) is 1. The van der Waals surface area contributed by atoms with Crippen LogP contribution in [-0.2, 0) is 14.9 Å². The molecule has 0 radical (unpaired) electrons. The molecule has 0 aliphatic carbocycles. The summed E-state index contributed by atoms with van der Waals surface area (Å²) in [6.45, 7) is 7.40. The van der Waals surface area contributed by atoms with Crippen molar-refractivity contribution in [3.63, 3.8) is 0 Å². The van der Waals surface area contributed by atoms with Gasteiger partial charge in [0, 0.05) is 31.6 Å². The van der Waals surface area contributed by atoms with Crippen LogP contribution in [0.15, 0.2) is 10.6 Å². The molecule has 5 heteroatoms. The van der Waals surface area contributed by atoms with Crippen molar-refractivity contribution < 1.29 is 14.1 Å². The molecule has 0 bridgehead atoms. The van der Waals surface area contributed by atoms with E-state index in [0.717, 1.165) is 31.7 Å². The maximum absolute atomic E-state index is 11.0. The molecule has 1 N–H and O–H groups in total. The Bertz CT molecular complexity index is 420. The van der Waals surface area contributed by atoms with Gasteiger partial charge in [-0.25, -0.2) is 0 Å². The highest BCUT2D eigenvalue weighted by Crippen LogP contribution is 2.37. The third kappa shape index (κ3) is 2.72. The van der Waals surface area contributed by atoms with E-state index in [0.29, 0.717) is 11.8 Å². The summed E-state index contributed by atoms with van der Waals surface area (Å²) in [7, 11) is 0. The van der Waals surface area contributed by atoms with Gasteiger partial charge in [-0.05, 0) is 18.8 Å². The van der Waals surface area contributed by atoms with E-state index in [1.165, 1.54) is 6.92 Å². The Kier molecular flexibility index (Phi) is 3.71. The minimum absolute atomic E-state index is 0.0655. The number of aromatic nitrogens is 1. The lowest BCUT2D eigenvalue weighted by atomic mass is 9.72. The molecule has 1 amide bonds. The summed E-state index contributed by atoms with van der Waals surface area (Å²) >= 11 is 0. The molecule has 5 nitrogen and oxygen atoms in total. The first kappa shape index (κ1) is 13.1. The molecule has 0 atom stereocenters. The lowest BCUT2D eigenvalue weighted by molar-refractivity contribution is -0.114. The highest BCUT2D eigenvalue weighted by molar-refractivity contribution is 5.87. The van der Waals surface area contributed by atoms with Crippen molar-refractivity contribution in [2.75, 3.05) is 18.5 Å². The van der Waals surface area contributed by atoms with Crippen LogP contribution < -0.4 is 5.32 Å². The summed E-state index contributed by atoms with van der Waals surface area (Å²) in [5.74, 6) is 0.792. The van der Waals surface area contributed by atoms with E-state index >= 15 is 0 Å². The van der Waals surface area contributed by atoms with Crippen LogP contribution in [0.2, 0.25) is 0 Å². The second-order valence-corrected chi connectivity index (χ2v) is 5.37. The molecule has 1 aliphatic heterocycles. The Morgan fingerprint density at radius 2 is 2.11 bits per heavy atom. The van der Waals surface area contributed by atoms with Gasteiger partial charge in [0.15, 0.2) is 0 Å². The average Bonchev–Trinajstić information content (AvgIpc) is 2.78. The normalized spacial score (nSPS) is 17.7. The molecule has 1 aromatic heterocycles. The van der Waals surface area contributed by atoms with Crippen LogP contribution in [0, 0.1) is 5.92 Å². The Balaban J connectivity index is 2.12. The number of anilines is 1. The number of nitrogens with one attached hydrogen (secondary N) is 1. The van der Waals surface area contributed by atoms with Gasteiger partial charge in [-0.1, -0.05) is 19.0 Å². The van der Waals surface area contributed by atoms with E-state index in [9.17, 15) is 4.79 Å². The van der Waals surface area contributed by atoms with Crippen LogP contribution in [0.5, 0.6) is 0 Å². The van der Waals surface area contributed by atoms with Crippen LogP contribution in [0.25, 0.3) is 0 Å². The molecule has 1 aliphatic rings. The van der Waals surface area contributed by atoms with Gasteiger partial charge in [0.25, 0.3) is 0 Å². The van der Waals surface area contributed by atoms with E-state index in [1.807, 2.05) is 6.07 Å². The smallest absolute Gasteiger partial charge is 0.231 e. The third-order valence-corrected chi connectivity index (χ3v) is 3.71. The Hall–Kier alpha value is -1.36. The molecular formula is C13H20N2O3. The fourth-order valence-corrected chi connectivity index (χ4v) is 2.44. The molecule has 2 rings (SSSR count). The summed E-state index contributed by atoms with van der Waals surface area (Å²) in [4.78, 5) is 11.0. The lowest BCUT2D eigenvalue weighted by Crippen LogP contribution is -2.33. The molecule has 1 aromatic rings. The lowest BCUT2D eigenvalue weighted by Gasteiger charge is -2.35. The predicted molar refractivity (Wildman–Crippen MR) is 67.4 cm³/mol. The van der Waals surface area contributed by atoms with Crippen LogP contribution >= 0.6 is 0 Å². The summed E-state index contributed by atoms with van der Waals surface area (Å²) < 4.78 is 10.5. The van der Waals surface area contributed by atoms with Gasteiger partial charge in [0.1, 0.15) is 0 Å². The van der Waals surface area contributed by atoms with Gasteiger partial charge in [-0.3, -0.25) is 10.1 Å². The second kappa shape index (κ2) is 5.10. The van der Waals surface area contributed by atoms with Crippen molar-refractivity contribution in [3.05, 3.63) is 11.8 Å². The van der Waals surface area contributed by atoms with Crippen LogP contribution in [0.4, 0.5) is 5.88 Å². The summed E-state index contributed by atoms with van der Waals surface area (Å²) in [6, 6.07) is 1.82. The molecular weight excluding hydrogens is 232 g/mol. The first-order valence-electron chi connectivity index (χ1n) is 6.32. The van der Waals surface area contributed by atoms with Gasteiger partial charge in [-0.15, -0.1) is 0 Å². The van der Waals surface area contributed by atoms with Gasteiger partial charge in [0.2, 0.25) is 11.8 Å². The van der Waals surface area contributed by atoms with E-state index in [-0.39, 0.29) is 11.3 Å². The number of amides is 1. The zero-order valence-corrected chi connectivity index (χ0v) is 11.2.